The second-order valence-corrected chi connectivity index (χ2v) is 6.41. The zero-order chi connectivity index (χ0) is 14.9. The third-order valence-corrected chi connectivity index (χ3v) is 4.75. The molecule has 0 saturated carbocycles. The Bertz CT molecular complexity index is 447. The zero-order valence-corrected chi connectivity index (χ0v) is 16.4. The summed E-state index contributed by atoms with van der Waals surface area (Å²) >= 11 is 1.81. The van der Waals surface area contributed by atoms with Crippen molar-refractivity contribution in [3.63, 3.8) is 0 Å². The van der Waals surface area contributed by atoms with Crippen LogP contribution in [0.15, 0.2) is 17.1 Å². The molecule has 0 atom stereocenters. The summed E-state index contributed by atoms with van der Waals surface area (Å²) in [6.45, 7) is 8.61. The lowest BCUT2D eigenvalue weighted by atomic mass is 10.3. The number of guanidine groups is 1. The molecule has 126 valence electrons. The molecule has 7 heteroatoms. The fraction of sp³-hybridized carbons (Fsp3) is 0.667. The molecule has 5 nitrogen and oxygen atoms in total. The monoisotopic (exact) mass is 438 g/mol. The molecule has 2 rings (SSSR count). The van der Waals surface area contributed by atoms with E-state index in [0.717, 1.165) is 52.2 Å². The Kier molecular flexibility index (Phi) is 10.0. The van der Waals surface area contributed by atoms with E-state index in [-0.39, 0.29) is 24.0 Å². The summed E-state index contributed by atoms with van der Waals surface area (Å²) in [5.74, 6) is 0.545. The Morgan fingerprint density at radius 3 is 2.77 bits per heavy atom. The molecule has 1 aliphatic rings. The standard InChI is InChI=1S/C15H26N4OS.HI/c1-2-13-4-5-14(21-13)12-18-15(16)17-6-3-7-19-8-10-20-11-9-19;/h4-5H,2-3,6-12H2,1H3,(H3,16,17,18);1H. The number of rotatable bonds is 7. The van der Waals surface area contributed by atoms with Gasteiger partial charge in [0.05, 0.1) is 19.8 Å². The molecule has 0 bridgehead atoms. The maximum absolute atomic E-state index is 5.89. The number of morpholine rings is 1. The van der Waals surface area contributed by atoms with Crippen molar-refractivity contribution in [3.8, 4) is 0 Å². The van der Waals surface area contributed by atoms with Gasteiger partial charge in [-0.2, -0.15) is 0 Å². The number of nitrogens with zero attached hydrogens (tertiary/aromatic N) is 2. The van der Waals surface area contributed by atoms with Gasteiger partial charge in [0.15, 0.2) is 5.96 Å². The highest BCUT2D eigenvalue weighted by Crippen LogP contribution is 2.17. The molecule has 0 unspecified atom stereocenters. The lowest BCUT2D eigenvalue weighted by molar-refractivity contribution is 0.0376. The van der Waals surface area contributed by atoms with Crippen molar-refractivity contribution >= 4 is 41.3 Å². The van der Waals surface area contributed by atoms with Gasteiger partial charge in [-0.25, -0.2) is 4.99 Å². The predicted molar refractivity (Wildman–Crippen MR) is 104 cm³/mol. The van der Waals surface area contributed by atoms with Crippen molar-refractivity contribution in [2.45, 2.75) is 26.3 Å². The minimum atomic E-state index is 0. The first-order chi connectivity index (χ1) is 10.3. The Hall–Kier alpha value is -0.380. The van der Waals surface area contributed by atoms with Crippen LogP contribution in [0, 0.1) is 0 Å². The van der Waals surface area contributed by atoms with Crippen LogP contribution in [0.2, 0.25) is 0 Å². The van der Waals surface area contributed by atoms with Crippen molar-refractivity contribution in [3.05, 3.63) is 21.9 Å². The molecule has 22 heavy (non-hydrogen) atoms. The van der Waals surface area contributed by atoms with E-state index in [4.69, 9.17) is 10.5 Å². The summed E-state index contributed by atoms with van der Waals surface area (Å²) in [7, 11) is 0. The number of thiophene rings is 1. The number of hydrogen-bond acceptors (Lipinski definition) is 4. The average Bonchev–Trinajstić information content (AvgIpc) is 2.99. The van der Waals surface area contributed by atoms with Gasteiger partial charge in [0.25, 0.3) is 0 Å². The van der Waals surface area contributed by atoms with Gasteiger partial charge in [0, 0.05) is 29.4 Å². The maximum Gasteiger partial charge on any atom is 0.188 e. The highest BCUT2D eigenvalue weighted by Gasteiger charge is 2.08. The molecule has 0 amide bonds. The molecule has 1 fully saturated rings. The summed E-state index contributed by atoms with van der Waals surface area (Å²) in [6.07, 6.45) is 2.17. The number of hydrogen-bond donors (Lipinski definition) is 2. The first-order valence-corrected chi connectivity index (χ1v) is 8.51. The first-order valence-electron chi connectivity index (χ1n) is 7.69. The maximum atomic E-state index is 5.89. The Balaban J connectivity index is 0.00000242. The Morgan fingerprint density at radius 2 is 2.09 bits per heavy atom. The second-order valence-electron chi connectivity index (χ2n) is 5.16. The van der Waals surface area contributed by atoms with Crippen molar-refractivity contribution in [2.75, 3.05) is 39.4 Å². The fourth-order valence-electron chi connectivity index (χ4n) is 2.26. The quantitative estimate of drug-likeness (QED) is 0.296. The normalized spacial score (nSPS) is 16.3. The highest BCUT2D eigenvalue weighted by molar-refractivity contribution is 14.0. The molecule has 1 saturated heterocycles. The number of nitrogens with one attached hydrogen (secondary N) is 1. The fourth-order valence-corrected chi connectivity index (χ4v) is 3.14. The van der Waals surface area contributed by atoms with E-state index in [9.17, 15) is 0 Å². The minimum absolute atomic E-state index is 0. The summed E-state index contributed by atoms with van der Waals surface area (Å²) in [5.41, 5.74) is 5.89. The van der Waals surface area contributed by atoms with E-state index < -0.39 is 0 Å². The number of nitrogens with two attached hydrogens (primary N) is 1. The largest absolute Gasteiger partial charge is 0.379 e. The molecule has 0 aromatic carbocycles. The van der Waals surface area contributed by atoms with Crippen LogP contribution in [0.25, 0.3) is 0 Å². The van der Waals surface area contributed by atoms with Crippen molar-refractivity contribution < 1.29 is 4.74 Å². The van der Waals surface area contributed by atoms with Crippen LogP contribution in [-0.2, 0) is 17.7 Å². The lowest BCUT2D eigenvalue weighted by Gasteiger charge is -2.26. The molecule has 2 heterocycles. The van der Waals surface area contributed by atoms with Gasteiger partial charge < -0.3 is 15.8 Å². The molecule has 3 N–H and O–H groups in total. The van der Waals surface area contributed by atoms with E-state index in [1.54, 1.807) is 0 Å². The zero-order valence-electron chi connectivity index (χ0n) is 13.2. The third kappa shape index (κ3) is 7.26. The van der Waals surface area contributed by atoms with Crippen LogP contribution in [0.5, 0.6) is 0 Å². The van der Waals surface area contributed by atoms with Gasteiger partial charge in [-0.15, -0.1) is 35.3 Å². The van der Waals surface area contributed by atoms with Crippen molar-refractivity contribution in [1.82, 2.24) is 10.2 Å². The molecular weight excluding hydrogens is 411 g/mol. The molecule has 0 aliphatic carbocycles. The van der Waals surface area contributed by atoms with Gasteiger partial charge in [-0.3, -0.25) is 4.90 Å². The molecule has 0 radical (unpaired) electrons. The van der Waals surface area contributed by atoms with Crippen LogP contribution in [0.3, 0.4) is 0 Å². The van der Waals surface area contributed by atoms with Crippen molar-refractivity contribution in [1.29, 1.82) is 0 Å². The van der Waals surface area contributed by atoms with Gasteiger partial charge in [-0.05, 0) is 31.5 Å². The van der Waals surface area contributed by atoms with Gasteiger partial charge in [0.1, 0.15) is 0 Å². The van der Waals surface area contributed by atoms with Crippen LogP contribution in [-0.4, -0.2) is 50.3 Å². The van der Waals surface area contributed by atoms with E-state index in [1.165, 1.54) is 9.75 Å². The number of ether oxygens (including phenoxy) is 1. The second kappa shape index (κ2) is 11.2. The first kappa shape index (κ1) is 19.7. The SMILES string of the molecule is CCc1ccc(CN=C(N)NCCCN2CCOCC2)s1.I. The van der Waals surface area contributed by atoms with Gasteiger partial charge in [-0.1, -0.05) is 6.92 Å². The van der Waals surface area contributed by atoms with Crippen LogP contribution >= 0.6 is 35.3 Å². The van der Waals surface area contributed by atoms with Crippen LogP contribution < -0.4 is 11.1 Å². The Morgan fingerprint density at radius 1 is 1.36 bits per heavy atom. The van der Waals surface area contributed by atoms with E-state index >= 15 is 0 Å². The molecular formula is C15H27IN4OS. The number of halogens is 1. The molecule has 1 aromatic heterocycles. The average molecular weight is 438 g/mol. The summed E-state index contributed by atoms with van der Waals surface area (Å²) in [4.78, 5) is 9.48. The molecule has 1 aliphatic heterocycles. The Labute approximate surface area is 154 Å². The van der Waals surface area contributed by atoms with Crippen molar-refractivity contribution in [2.24, 2.45) is 10.7 Å². The highest BCUT2D eigenvalue weighted by atomic mass is 127. The molecule has 1 aromatic rings. The van der Waals surface area contributed by atoms with E-state index in [1.807, 2.05) is 11.3 Å². The van der Waals surface area contributed by atoms with Crippen LogP contribution in [0.1, 0.15) is 23.1 Å². The number of aryl methyl sites for hydroxylation is 1. The minimum Gasteiger partial charge on any atom is -0.379 e. The van der Waals surface area contributed by atoms with E-state index in [2.05, 4.69) is 34.3 Å². The summed E-state index contributed by atoms with van der Waals surface area (Å²) in [5, 5.41) is 3.19. The summed E-state index contributed by atoms with van der Waals surface area (Å²) in [6, 6.07) is 4.31. The van der Waals surface area contributed by atoms with Crippen LogP contribution in [0.4, 0.5) is 0 Å². The predicted octanol–water partition coefficient (Wildman–Crippen LogP) is 2.06. The number of aliphatic imine (C=N–C) groups is 1. The van der Waals surface area contributed by atoms with Gasteiger partial charge in [0.2, 0.25) is 0 Å². The topological polar surface area (TPSA) is 62.9 Å². The molecule has 0 spiro atoms. The smallest absolute Gasteiger partial charge is 0.188 e. The van der Waals surface area contributed by atoms with Gasteiger partial charge >= 0.3 is 0 Å². The lowest BCUT2D eigenvalue weighted by Crippen LogP contribution is -2.39. The third-order valence-electron chi connectivity index (χ3n) is 3.53. The summed E-state index contributed by atoms with van der Waals surface area (Å²) < 4.78 is 5.33. The van der Waals surface area contributed by atoms with E-state index in [0.29, 0.717) is 12.5 Å².